The van der Waals surface area contributed by atoms with Gasteiger partial charge in [-0.1, -0.05) is 18.2 Å². The first-order valence-electron chi connectivity index (χ1n) is 7.55. The topological polar surface area (TPSA) is 116 Å². The minimum atomic E-state index is -1.21. The van der Waals surface area contributed by atoms with Gasteiger partial charge in [0.25, 0.3) is 0 Å². The fourth-order valence-corrected chi connectivity index (χ4v) is 2.74. The Kier molecular flexibility index (Phi) is 3.45. The minimum Gasteiger partial charge on any atom is -0.385 e. The lowest BCUT2D eigenvalue weighted by atomic mass is 10.2. The maximum atomic E-state index is 10.1. The predicted molar refractivity (Wildman–Crippen MR) is 90.9 cm³/mol. The van der Waals surface area contributed by atoms with Gasteiger partial charge in [-0.3, -0.25) is 5.32 Å². The average molecular weight is 334 g/mol. The van der Waals surface area contributed by atoms with Crippen LogP contribution in [0.3, 0.4) is 0 Å². The van der Waals surface area contributed by atoms with E-state index in [0.717, 1.165) is 16.6 Å². The van der Waals surface area contributed by atoms with Gasteiger partial charge in [-0.05, 0) is 6.07 Å². The number of rotatable bonds is 4. The number of nitrogens with one attached hydrogen (secondary N) is 2. The second-order valence-electron chi connectivity index (χ2n) is 5.36. The van der Waals surface area contributed by atoms with E-state index in [9.17, 15) is 5.11 Å². The van der Waals surface area contributed by atoms with Crippen molar-refractivity contribution in [2.45, 2.75) is 6.23 Å². The van der Waals surface area contributed by atoms with E-state index in [0.29, 0.717) is 17.2 Å². The summed E-state index contributed by atoms with van der Waals surface area (Å²) in [6.07, 6.45) is 3.75. The van der Waals surface area contributed by atoms with Crippen LogP contribution in [0.5, 0.6) is 0 Å². The van der Waals surface area contributed by atoms with Crippen LogP contribution < -0.4 is 10.6 Å². The molecule has 0 spiro atoms. The SMILES string of the molecule is CNc1cc(-n2ncc3ccccc32)nn2c(C(O)NC#N)cnc12. The number of nitrogens with zero attached hydrogens (tertiary/aromatic N) is 6. The van der Waals surface area contributed by atoms with Crippen LogP contribution in [0.4, 0.5) is 5.69 Å². The highest BCUT2D eigenvalue weighted by molar-refractivity contribution is 5.80. The summed E-state index contributed by atoms with van der Waals surface area (Å²) in [4.78, 5) is 4.28. The van der Waals surface area contributed by atoms with Crippen molar-refractivity contribution in [1.29, 1.82) is 5.26 Å². The average Bonchev–Trinajstić information content (AvgIpc) is 3.25. The molecular weight excluding hydrogens is 320 g/mol. The first-order chi connectivity index (χ1) is 12.2. The summed E-state index contributed by atoms with van der Waals surface area (Å²) in [5, 5.41) is 34.1. The second kappa shape index (κ2) is 5.77. The van der Waals surface area contributed by atoms with Crippen molar-refractivity contribution >= 4 is 22.2 Å². The Balaban J connectivity index is 1.96. The highest BCUT2D eigenvalue weighted by Crippen LogP contribution is 2.23. The number of benzene rings is 1. The molecule has 0 radical (unpaired) electrons. The second-order valence-corrected chi connectivity index (χ2v) is 5.36. The monoisotopic (exact) mass is 334 g/mol. The Bertz CT molecular complexity index is 1110. The maximum Gasteiger partial charge on any atom is 0.179 e. The Labute approximate surface area is 142 Å². The first kappa shape index (κ1) is 14.9. The molecule has 0 bridgehead atoms. The number of hydrogen-bond donors (Lipinski definition) is 3. The summed E-state index contributed by atoms with van der Waals surface area (Å²) in [6, 6.07) is 9.63. The third kappa shape index (κ3) is 2.32. The number of fused-ring (bicyclic) bond motifs is 2. The number of aliphatic hydroxyl groups excluding tert-OH is 1. The molecule has 1 aromatic carbocycles. The molecule has 4 rings (SSSR count). The van der Waals surface area contributed by atoms with Gasteiger partial charge in [0.15, 0.2) is 23.9 Å². The minimum absolute atomic E-state index is 0.353. The van der Waals surface area contributed by atoms with Gasteiger partial charge in [0.05, 0.1) is 23.6 Å². The number of hydrogen-bond acceptors (Lipinski definition) is 7. The lowest BCUT2D eigenvalue weighted by Gasteiger charge is -2.11. The molecule has 0 saturated heterocycles. The molecule has 0 fully saturated rings. The zero-order valence-corrected chi connectivity index (χ0v) is 13.2. The molecule has 0 saturated carbocycles. The summed E-state index contributed by atoms with van der Waals surface area (Å²) in [5.41, 5.74) is 2.52. The quantitative estimate of drug-likeness (QED) is 0.291. The van der Waals surface area contributed by atoms with Gasteiger partial charge in [-0.2, -0.15) is 10.4 Å². The van der Waals surface area contributed by atoms with Crippen LogP contribution in [0, 0.1) is 11.5 Å². The van der Waals surface area contributed by atoms with Crippen molar-refractivity contribution in [1.82, 2.24) is 29.7 Å². The van der Waals surface area contributed by atoms with Crippen molar-refractivity contribution in [3.8, 4) is 12.0 Å². The van der Waals surface area contributed by atoms with Crippen molar-refractivity contribution in [2.24, 2.45) is 0 Å². The molecule has 3 heterocycles. The molecule has 124 valence electrons. The zero-order valence-electron chi connectivity index (χ0n) is 13.2. The van der Waals surface area contributed by atoms with Crippen molar-refractivity contribution < 1.29 is 5.11 Å². The molecule has 9 heteroatoms. The van der Waals surface area contributed by atoms with Crippen LogP contribution in [0.25, 0.3) is 22.4 Å². The van der Waals surface area contributed by atoms with E-state index in [1.54, 1.807) is 24.1 Å². The standard InChI is InChI=1S/C16H14N8O/c1-18-11-6-14(23-12-5-3-2-4-10(12)7-21-23)22-24-13(8-19-15(11)24)16(25)20-9-17/h2-8,16,18,20,25H,1H3. The fourth-order valence-electron chi connectivity index (χ4n) is 2.74. The molecule has 9 nitrogen and oxygen atoms in total. The van der Waals surface area contributed by atoms with Crippen LogP contribution >= 0.6 is 0 Å². The van der Waals surface area contributed by atoms with Crippen LogP contribution in [-0.4, -0.2) is 36.5 Å². The molecule has 3 N–H and O–H groups in total. The molecule has 1 atom stereocenters. The van der Waals surface area contributed by atoms with E-state index in [-0.39, 0.29) is 0 Å². The van der Waals surface area contributed by atoms with E-state index in [1.807, 2.05) is 30.3 Å². The molecule has 0 aliphatic rings. The number of aliphatic hydroxyl groups is 1. The Hall–Kier alpha value is -3.64. The van der Waals surface area contributed by atoms with Crippen LogP contribution in [0.15, 0.2) is 42.7 Å². The smallest absolute Gasteiger partial charge is 0.179 e. The van der Waals surface area contributed by atoms with Crippen LogP contribution in [0.1, 0.15) is 11.9 Å². The lowest BCUT2D eigenvalue weighted by molar-refractivity contribution is 0.152. The summed E-state index contributed by atoms with van der Waals surface area (Å²) >= 11 is 0. The van der Waals surface area contributed by atoms with E-state index in [1.165, 1.54) is 10.7 Å². The van der Waals surface area contributed by atoms with Crippen molar-refractivity contribution in [2.75, 3.05) is 12.4 Å². The van der Waals surface area contributed by atoms with E-state index >= 15 is 0 Å². The predicted octanol–water partition coefficient (Wildman–Crippen LogP) is 1.17. The van der Waals surface area contributed by atoms with Crippen LogP contribution in [0.2, 0.25) is 0 Å². The Morgan fingerprint density at radius 1 is 1.28 bits per heavy atom. The number of imidazole rings is 1. The van der Waals surface area contributed by atoms with E-state index in [4.69, 9.17) is 5.26 Å². The molecule has 1 unspecified atom stereocenters. The summed E-state index contributed by atoms with van der Waals surface area (Å²) in [5.74, 6) is 0.557. The molecule has 3 aromatic heterocycles. The molecular formula is C16H14N8O. The summed E-state index contributed by atoms with van der Waals surface area (Å²) in [6.45, 7) is 0. The number of aromatic nitrogens is 5. The molecule has 25 heavy (non-hydrogen) atoms. The van der Waals surface area contributed by atoms with E-state index < -0.39 is 6.23 Å². The lowest BCUT2D eigenvalue weighted by Crippen LogP contribution is -2.18. The number of anilines is 1. The van der Waals surface area contributed by atoms with Gasteiger partial charge in [0, 0.05) is 18.5 Å². The normalized spacial score (nSPS) is 12.2. The van der Waals surface area contributed by atoms with E-state index in [2.05, 4.69) is 25.8 Å². The number of nitriles is 1. The Morgan fingerprint density at radius 3 is 2.92 bits per heavy atom. The third-order valence-electron chi connectivity index (χ3n) is 3.93. The molecule has 0 aliphatic carbocycles. The zero-order chi connectivity index (χ0) is 17.4. The molecule has 0 amide bonds. The van der Waals surface area contributed by atoms with Crippen molar-refractivity contribution in [3.05, 3.63) is 48.4 Å². The Morgan fingerprint density at radius 2 is 2.12 bits per heavy atom. The van der Waals surface area contributed by atoms with Gasteiger partial charge in [0.1, 0.15) is 5.69 Å². The van der Waals surface area contributed by atoms with Gasteiger partial charge >= 0.3 is 0 Å². The third-order valence-corrected chi connectivity index (χ3v) is 3.93. The van der Waals surface area contributed by atoms with Gasteiger partial charge in [0.2, 0.25) is 0 Å². The van der Waals surface area contributed by atoms with Crippen LogP contribution in [-0.2, 0) is 0 Å². The van der Waals surface area contributed by atoms with Crippen molar-refractivity contribution in [3.63, 3.8) is 0 Å². The highest BCUT2D eigenvalue weighted by Gasteiger charge is 2.18. The van der Waals surface area contributed by atoms with Gasteiger partial charge < -0.3 is 10.4 Å². The largest absolute Gasteiger partial charge is 0.385 e. The summed E-state index contributed by atoms with van der Waals surface area (Å²) in [7, 11) is 1.78. The molecule has 4 aromatic rings. The summed E-state index contributed by atoms with van der Waals surface area (Å²) < 4.78 is 3.20. The fraction of sp³-hybridized carbons (Fsp3) is 0.125. The molecule has 0 aliphatic heterocycles. The van der Waals surface area contributed by atoms with Gasteiger partial charge in [-0.15, -0.1) is 5.10 Å². The highest BCUT2D eigenvalue weighted by atomic mass is 16.3. The first-order valence-corrected chi connectivity index (χ1v) is 7.55. The maximum absolute atomic E-state index is 10.1. The van der Waals surface area contributed by atoms with Gasteiger partial charge in [-0.25, -0.2) is 14.2 Å². The number of para-hydroxylation sites is 1.